The van der Waals surface area contributed by atoms with E-state index in [0.29, 0.717) is 6.04 Å². The number of aryl methyl sites for hydroxylation is 2. The molecule has 2 heteroatoms. The summed E-state index contributed by atoms with van der Waals surface area (Å²) in [5.74, 6) is 0. The lowest BCUT2D eigenvalue weighted by Crippen LogP contribution is -2.49. The molecule has 1 fully saturated rings. The first-order chi connectivity index (χ1) is 8.40. The van der Waals surface area contributed by atoms with Gasteiger partial charge in [0.2, 0.25) is 0 Å². The number of rotatable bonds is 1. The predicted molar refractivity (Wildman–Crippen MR) is 79.4 cm³/mol. The molecule has 18 heavy (non-hydrogen) atoms. The number of nitrogens with one attached hydrogen (secondary N) is 1. The Balaban J connectivity index is 2.43. The second-order valence-corrected chi connectivity index (χ2v) is 6.33. The van der Waals surface area contributed by atoms with Crippen LogP contribution in [0.1, 0.15) is 38.3 Å². The minimum Gasteiger partial charge on any atom is -0.362 e. The maximum absolute atomic E-state index is 3.54. The maximum Gasteiger partial charge on any atom is 0.0391 e. The van der Waals surface area contributed by atoms with Crippen molar-refractivity contribution < 1.29 is 0 Å². The van der Waals surface area contributed by atoms with Gasteiger partial charge in [-0.2, -0.15) is 0 Å². The molecule has 1 aromatic rings. The van der Waals surface area contributed by atoms with E-state index >= 15 is 0 Å². The molecule has 1 aliphatic rings. The summed E-state index contributed by atoms with van der Waals surface area (Å²) in [6, 6.07) is 7.41. The number of hydrogen-bond acceptors (Lipinski definition) is 2. The van der Waals surface area contributed by atoms with Gasteiger partial charge in [-0.25, -0.2) is 0 Å². The van der Waals surface area contributed by atoms with Crippen LogP contribution in [0.2, 0.25) is 0 Å². The Kier molecular flexibility index (Phi) is 3.67. The SMILES string of the molecule is Cc1cc(C)cc(N2C(C)CNCCC2(C)C)c1. The highest BCUT2D eigenvalue weighted by atomic mass is 15.2. The van der Waals surface area contributed by atoms with E-state index in [1.807, 2.05) is 0 Å². The molecule has 1 aromatic carbocycles. The Bertz CT molecular complexity index is 403. The molecular weight excluding hydrogens is 220 g/mol. The first-order valence-electron chi connectivity index (χ1n) is 6.98. The van der Waals surface area contributed by atoms with Gasteiger partial charge in [0, 0.05) is 23.8 Å². The minimum absolute atomic E-state index is 0.211. The highest BCUT2D eigenvalue weighted by Gasteiger charge is 2.32. The Morgan fingerprint density at radius 1 is 1.17 bits per heavy atom. The van der Waals surface area contributed by atoms with Crippen LogP contribution in [0.5, 0.6) is 0 Å². The molecule has 0 amide bonds. The predicted octanol–water partition coefficient (Wildman–Crippen LogP) is 3.27. The molecule has 100 valence electrons. The van der Waals surface area contributed by atoms with Gasteiger partial charge in [-0.15, -0.1) is 0 Å². The summed E-state index contributed by atoms with van der Waals surface area (Å²) in [7, 11) is 0. The second-order valence-electron chi connectivity index (χ2n) is 6.33. The van der Waals surface area contributed by atoms with Crippen LogP contribution in [0.4, 0.5) is 5.69 Å². The molecule has 0 spiro atoms. The van der Waals surface area contributed by atoms with Crippen LogP contribution in [-0.2, 0) is 0 Å². The minimum atomic E-state index is 0.211. The van der Waals surface area contributed by atoms with Crippen LogP contribution in [0, 0.1) is 13.8 Å². The number of anilines is 1. The Hall–Kier alpha value is -1.02. The Labute approximate surface area is 111 Å². The topological polar surface area (TPSA) is 15.3 Å². The second kappa shape index (κ2) is 4.93. The van der Waals surface area contributed by atoms with E-state index < -0.39 is 0 Å². The smallest absolute Gasteiger partial charge is 0.0391 e. The van der Waals surface area contributed by atoms with E-state index in [2.05, 4.69) is 63.0 Å². The summed E-state index contributed by atoms with van der Waals surface area (Å²) >= 11 is 0. The lowest BCUT2D eigenvalue weighted by molar-refractivity contribution is 0.426. The molecule has 0 radical (unpaired) electrons. The highest BCUT2D eigenvalue weighted by molar-refractivity contribution is 5.54. The lowest BCUT2D eigenvalue weighted by Gasteiger charge is -2.43. The van der Waals surface area contributed by atoms with Gasteiger partial charge in [0.25, 0.3) is 0 Å². The highest BCUT2D eigenvalue weighted by Crippen LogP contribution is 2.31. The zero-order chi connectivity index (χ0) is 13.3. The van der Waals surface area contributed by atoms with Crippen LogP contribution in [0.25, 0.3) is 0 Å². The summed E-state index contributed by atoms with van der Waals surface area (Å²) in [6.07, 6.45) is 1.18. The van der Waals surface area contributed by atoms with Crippen LogP contribution < -0.4 is 10.2 Å². The van der Waals surface area contributed by atoms with Crippen molar-refractivity contribution >= 4 is 5.69 Å². The van der Waals surface area contributed by atoms with E-state index in [9.17, 15) is 0 Å². The first-order valence-corrected chi connectivity index (χ1v) is 6.98. The van der Waals surface area contributed by atoms with Crippen molar-refractivity contribution in [2.45, 2.75) is 52.6 Å². The van der Waals surface area contributed by atoms with Gasteiger partial charge in [0.1, 0.15) is 0 Å². The molecule has 1 heterocycles. The van der Waals surface area contributed by atoms with Crippen LogP contribution in [0.15, 0.2) is 18.2 Å². The Morgan fingerprint density at radius 2 is 1.78 bits per heavy atom. The zero-order valence-electron chi connectivity index (χ0n) is 12.4. The third kappa shape index (κ3) is 2.69. The molecule has 1 aliphatic heterocycles. The van der Waals surface area contributed by atoms with Gasteiger partial charge in [0.05, 0.1) is 0 Å². The van der Waals surface area contributed by atoms with Crippen LogP contribution in [0.3, 0.4) is 0 Å². The van der Waals surface area contributed by atoms with Crippen LogP contribution in [-0.4, -0.2) is 24.7 Å². The van der Waals surface area contributed by atoms with Crippen LogP contribution >= 0.6 is 0 Å². The molecule has 0 aliphatic carbocycles. The van der Waals surface area contributed by atoms with Gasteiger partial charge in [0.15, 0.2) is 0 Å². The van der Waals surface area contributed by atoms with Gasteiger partial charge in [-0.05, 0) is 70.8 Å². The Morgan fingerprint density at radius 3 is 2.39 bits per heavy atom. The standard InChI is InChI=1S/C16H26N2/c1-12-8-13(2)10-15(9-12)18-14(3)11-17-7-6-16(18,4)5/h8-10,14,17H,6-7,11H2,1-5H3. The largest absolute Gasteiger partial charge is 0.362 e. The molecular formula is C16H26N2. The summed E-state index contributed by atoms with van der Waals surface area (Å²) in [5.41, 5.74) is 4.28. The monoisotopic (exact) mass is 246 g/mol. The van der Waals surface area contributed by atoms with Crippen molar-refractivity contribution in [3.63, 3.8) is 0 Å². The van der Waals surface area contributed by atoms with E-state index in [0.717, 1.165) is 13.1 Å². The average molecular weight is 246 g/mol. The molecule has 0 aromatic heterocycles. The maximum atomic E-state index is 3.54. The van der Waals surface area contributed by atoms with Gasteiger partial charge < -0.3 is 10.2 Å². The molecule has 0 bridgehead atoms. The summed E-state index contributed by atoms with van der Waals surface area (Å²) in [5, 5.41) is 3.54. The van der Waals surface area contributed by atoms with Gasteiger partial charge in [-0.1, -0.05) is 6.07 Å². The van der Waals surface area contributed by atoms with Gasteiger partial charge >= 0.3 is 0 Å². The molecule has 1 unspecified atom stereocenters. The molecule has 1 saturated heterocycles. The van der Waals surface area contributed by atoms with Crippen molar-refractivity contribution in [3.8, 4) is 0 Å². The van der Waals surface area contributed by atoms with E-state index in [-0.39, 0.29) is 5.54 Å². The quantitative estimate of drug-likeness (QED) is 0.818. The van der Waals surface area contributed by atoms with E-state index in [1.165, 1.54) is 23.2 Å². The van der Waals surface area contributed by atoms with E-state index in [1.54, 1.807) is 0 Å². The fourth-order valence-corrected chi connectivity index (χ4v) is 3.21. The summed E-state index contributed by atoms with van der Waals surface area (Å²) in [4.78, 5) is 2.59. The fraction of sp³-hybridized carbons (Fsp3) is 0.625. The fourth-order valence-electron chi connectivity index (χ4n) is 3.21. The van der Waals surface area contributed by atoms with E-state index in [4.69, 9.17) is 0 Å². The van der Waals surface area contributed by atoms with Gasteiger partial charge in [-0.3, -0.25) is 0 Å². The molecule has 2 rings (SSSR count). The molecule has 0 saturated carbocycles. The molecule has 2 nitrogen and oxygen atoms in total. The zero-order valence-corrected chi connectivity index (χ0v) is 12.4. The number of hydrogen-bond donors (Lipinski definition) is 1. The van der Waals surface area contributed by atoms with Crippen molar-refractivity contribution in [2.24, 2.45) is 0 Å². The number of benzene rings is 1. The normalized spacial score (nSPS) is 23.8. The van der Waals surface area contributed by atoms with Crippen molar-refractivity contribution in [2.75, 3.05) is 18.0 Å². The van der Waals surface area contributed by atoms with Crippen molar-refractivity contribution in [3.05, 3.63) is 29.3 Å². The first kappa shape index (κ1) is 13.4. The third-order valence-electron chi connectivity index (χ3n) is 3.93. The summed E-state index contributed by atoms with van der Waals surface area (Å²) < 4.78 is 0. The number of nitrogens with zero attached hydrogens (tertiary/aromatic N) is 1. The summed E-state index contributed by atoms with van der Waals surface area (Å²) in [6.45, 7) is 13.6. The van der Waals surface area contributed by atoms with Crippen molar-refractivity contribution in [1.29, 1.82) is 0 Å². The lowest BCUT2D eigenvalue weighted by atomic mass is 9.95. The molecule has 1 atom stereocenters. The average Bonchev–Trinajstić information content (AvgIpc) is 2.35. The van der Waals surface area contributed by atoms with Crippen molar-refractivity contribution in [1.82, 2.24) is 5.32 Å². The third-order valence-corrected chi connectivity index (χ3v) is 3.93. The molecule has 1 N–H and O–H groups in total.